The van der Waals surface area contributed by atoms with Gasteiger partial charge in [0.2, 0.25) is 0 Å². The highest BCUT2D eigenvalue weighted by molar-refractivity contribution is 5.76. The highest BCUT2D eigenvalue weighted by Crippen LogP contribution is 2.29. The first kappa shape index (κ1) is 30.0. The highest BCUT2D eigenvalue weighted by Gasteiger charge is 2.14. The first-order chi connectivity index (χ1) is 19.1. The molecule has 0 aliphatic rings. The minimum atomic E-state index is -1.57. The fraction of sp³-hybridized carbons (Fsp3) is 0.0588. The summed E-state index contributed by atoms with van der Waals surface area (Å²) >= 11 is 0. The summed E-state index contributed by atoms with van der Waals surface area (Å²) in [6.45, 7) is 11.1. The third-order valence-electron chi connectivity index (χ3n) is 6.13. The Morgan fingerprint density at radius 1 is 0.500 bits per heavy atom. The molecule has 4 rings (SSSR count). The Labute approximate surface area is 229 Å². The Bertz CT molecular complexity index is 1570. The highest BCUT2D eigenvalue weighted by atomic mass is 19.2. The summed E-state index contributed by atoms with van der Waals surface area (Å²) in [6.07, 6.45) is 7.09. The second-order valence-electron chi connectivity index (χ2n) is 8.55. The van der Waals surface area contributed by atoms with E-state index >= 15 is 0 Å². The Hall–Kier alpha value is -4.58. The minimum Gasteiger partial charge on any atom is -0.206 e. The van der Waals surface area contributed by atoms with Crippen molar-refractivity contribution >= 4 is 11.1 Å². The van der Waals surface area contributed by atoms with Gasteiger partial charge in [0.25, 0.3) is 0 Å². The van der Waals surface area contributed by atoms with Crippen LogP contribution in [0.4, 0.5) is 26.3 Å². The Morgan fingerprint density at radius 3 is 1.50 bits per heavy atom. The molecular weight excluding hydrogens is 522 g/mol. The van der Waals surface area contributed by atoms with Crippen molar-refractivity contribution in [2.45, 2.75) is 13.8 Å². The second kappa shape index (κ2) is 13.5. The lowest BCUT2D eigenvalue weighted by Gasteiger charge is -2.08. The lowest BCUT2D eigenvalue weighted by Crippen LogP contribution is -1.94. The maximum absolute atomic E-state index is 14.1. The summed E-state index contributed by atoms with van der Waals surface area (Å²) in [5.41, 5.74) is 4.86. The molecule has 0 heterocycles. The molecule has 6 heteroatoms. The summed E-state index contributed by atoms with van der Waals surface area (Å²) < 4.78 is 79.6. The van der Waals surface area contributed by atoms with E-state index in [0.717, 1.165) is 40.5 Å². The van der Waals surface area contributed by atoms with Gasteiger partial charge < -0.3 is 0 Å². The molecule has 4 aromatic rings. The van der Waals surface area contributed by atoms with Gasteiger partial charge in [-0.25, -0.2) is 26.3 Å². The first-order valence-corrected chi connectivity index (χ1v) is 12.2. The van der Waals surface area contributed by atoms with Crippen LogP contribution in [0, 0.1) is 34.9 Å². The van der Waals surface area contributed by atoms with Gasteiger partial charge in [0.1, 0.15) is 5.82 Å². The van der Waals surface area contributed by atoms with Gasteiger partial charge in [-0.1, -0.05) is 79.9 Å². The van der Waals surface area contributed by atoms with Crippen molar-refractivity contribution in [1.82, 2.24) is 0 Å². The van der Waals surface area contributed by atoms with E-state index < -0.39 is 34.9 Å². The van der Waals surface area contributed by atoms with Crippen molar-refractivity contribution in [2.24, 2.45) is 0 Å². The van der Waals surface area contributed by atoms with Crippen LogP contribution in [0.2, 0.25) is 0 Å². The first-order valence-electron chi connectivity index (χ1n) is 12.2. The van der Waals surface area contributed by atoms with Crippen LogP contribution in [0.5, 0.6) is 0 Å². The molecule has 0 spiro atoms. The molecule has 0 saturated carbocycles. The maximum Gasteiger partial charge on any atom is 0.194 e. The monoisotopic (exact) mass is 548 g/mol. The summed E-state index contributed by atoms with van der Waals surface area (Å²) in [7, 11) is 0. The third kappa shape index (κ3) is 6.89. The van der Waals surface area contributed by atoms with Crippen LogP contribution in [0.25, 0.3) is 33.4 Å². The van der Waals surface area contributed by atoms with E-state index in [-0.39, 0.29) is 11.1 Å². The molecule has 0 atom stereocenters. The molecule has 0 saturated heterocycles. The summed E-state index contributed by atoms with van der Waals surface area (Å²) in [4.78, 5) is 0. The quantitative estimate of drug-likeness (QED) is 0.128. The van der Waals surface area contributed by atoms with Crippen molar-refractivity contribution in [3.05, 3.63) is 156 Å². The van der Waals surface area contributed by atoms with Crippen molar-refractivity contribution in [3.8, 4) is 22.3 Å². The van der Waals surface area contributed by atoms with Gasteiger partial charge in [0, 0.05) is 5.56 Å². The SMILES string of the molecule is C=C/C(=C\C)c1ccc(-c2cc(F)c(F)c(F)c2)c(F)c1.C=C/C(=C\C)c1ccc(-c2ccc(F)c(F)c2)cc1. The fourth-order valence-corrected chi connectivity index (χ4v) is 3.98. The molecule has 0 fully saturated rings. The average molecular weight is 549 g/mol. The van der Waals surface area contributed by atoms with Crippen LogP contribution >= 0.6 is 0 Å². The van der Waals surface area contributed by atoms with E-state index in [1.165, 1.54) is 18.2 Å². The summed E-state index contributed by atoms with van der Waals surface area (Å²) in [5.74, 6) is -6.59. The van der Waals surface area contributed by atoms with Crippen LogP contribution in [0.1, 0.15) is 25.0 Å². The average Bonchev–Trinajstić information content (AvgIpc) is 2.95. The number of halogens is 6. The fourth-order valence-electron chi connectivity index (χ4n) is 3.98. The molecule has 204 valence electrons. The molecule has 0 aliphatic carbocycles. The van der Waals surface area contributed by atoms with Gasteiger partial charge in [0.05, 0.1) is 0 Å². The zero-order valence-electron chi connectivity index (χ0n) is 21.9. The normalized spacial score (nSPS) is 11.5. The molecule has 0 radical (unpaired) electrons. The van der Waals surface area contributed by atoms with Crippen LogP contribution < -0.4 is 0 Å². The maximum atomic E-state index is 14.1. The predicted molar refractivity (Wildman–Crippen MR) is 151 cm³/mol. The second-order valence-corrected chi connectivity index (χ2v) is 8.55. The van der Waals surface area contributed by atoms with Gasteiger partial charge in [-0.3, -0.25) is 0 Å². The topological polar surface area (TPSA) is 0 Å². The van der Waals surface area contributed by atoms with Crippen molar-refractivity contribution in [1.29, 1.82) is 0 Å². The summed E-state index contributed by atoms with van der Waals surface area (Å²) in [6, 6.07) is 17.3. The van der Waals surface area contributed by atoms with Crippen LogP contribution in [-0.4, -0.2) is 0 Å². The van der Waals surface area contributed by atoms with Crippen LogP contribution in [-0.2, 0) is 0 Å². The van der Waals surface area contributed by atoms with Gasteiger partial charge in [-0.05, 0) is 83.1 Å². The third-order valence-corrected chi connectivity index (χ3v) is 6.13. The molecule has 0 bridgehead atoms. The minimum absolute atomic E-state index is 0.00364. The Kier molecular flexibility index (Phi) is 10.1. The Morgan fingerprint density at radius 2 is 1.00 bits per heavy atom. The number of allylic oxidation sites excluding steroid dienone is 6. The summed E-state index contributed by atoms with van der Waals surface area (Å²) in [5, 5.41) is 0. The zero-order valence-corrected chi connectivity index (χ0v) is 21.9. The molecule has 0 amide bonds. The molecular formula is C34H26F6. The smallest absolute Gasteiger partial charge is 0.194 e. The lowest BCUT2D eigenvalue weighted by atomic mass is 9.99. The van der Waals surface area contributed by atoms with E-state index in [1.54, 1.807) is 37.3 Å². The van der Waals surface area contributed by atoms with E-state index in [2.05, 4.69) is 13.2 Å². The van der Waals surface area contributed by atoms with Crippen molar-refractivity contribution < 1.29 is 26.3 Å². The zero-order chi connectivity index (χ0) is 29.4. The molecule has 0 nitrogen and oxygen atoms in total. The van der Waals surface area contributed by atoms with Gasteiger partial charge in [0.15, 0.2) is 29.1 Å². The molecule has 0 unspecified atom stereocenters. The van der Waals surface area contributed by atoms with E-state index in [1.807, 2.05) is 37.3 Å². The lowest BCUT2D eigenvalue weighted by molar-refractivity contribution is 0.447. The standard InChI is InChI=1S/C17H12F4.C17H14F2/c1-3-10(4-2)11-5-6-13(14(18)7-11)12-8-15(19)17(21)16(20)9-12;1-3-12(4-2)13-5-7-14(8-6-13)15-9-10-16(18)17(19)11-15/h3-9H,1H2,2H3;3-11H,1H2,2H3/b10-4+;12-4+. The molecule has 0 N–H and O–H groups in total. The van der Waals surface area contributed by atoms with E-state index in [9.17, 15) is 26.3 Å². The number of hydrogen-bond acceptors (Lipinski definition) is 0. The van der Waals surface area contributed by atoms with Gasteiger partial charge in [-0.2, -0.15) is 0 Å². The molecule has 40 heavy (non-hydrogen) atoms. The molecule has 0 aliphatic heterocycles. The van der Waals surface area contributed by atoms with Crippen LogP contribution in [0.3, 0.4) is 0 Å². The van der Waals surface area contributed by atoms with Crippen molar-refractivity contribution in [2.75, 3.05) is 0 Å². The molecule has 0 aromatic heterocycles. The predicted octanol–water partition coefficient (Wildman–Crippen LogP) is 10.7. The number of hydrogen-bond donors (Lipinski definition) is 0. The number of benzene rings is 4. The van der Waals surface area contributed by atoms with E-state index in [4.69, 9.17) is 0 Å². The van der Waals surface area contributed by atoms with Gasteiger partial charge in [-0.15, -0.1) is 0 Å². The number of rotatable bonds is 6. The Balaban J connectivity index is 0.000000222. The van der Waals surface area contributed by atoms with Gasteiger partial charge >= 0.3 is 0 Å². The largest absolute Gasteiger partial charge is 0.206 e. The van der Waals surface area contributed by atoms with Crippen molar-refractivity contribution in [3.63, 3.8) is 0 Å². The van der Waals surface area contributed by atoms with Crippen LogP contribution in [0.15, 0.2) is 110 Å². The van der Waals surface area contributed by atoms with E-state index in [0.29, 0.717) is 11.1 Å². The molecule has 4 aromatic carbocycles.